The lowest BCUT2D eigenvalue weighted by Gasteiger charge is -2.20. The molecule has 2 heterocycles. The quantitative estimate of drug-likeness (QED) is 0.865. The molecule has 0 bridgehead atoms. The normalized spacial score (nSPS) is 18.0. The van der Waals surface area contributed by atoms with Gasteiger partial charge in [-0.15, -0.1) is 0 Å². The van der Waals surface area contributed by atoms with E-state index in [1.807, 2.05) is 6.07 Å². The second kappa shape index (κ2) is 7.24. The second-order valence-electron chi connectivity index (χ2n) is 5.18. The zero-order valence-electron chi connectivity index (χ0n) is 12.3. The van der Waals surface area contributed by atoms with E-state index in [-0.39, 0.29) is 12.0 Å². The van der Waals surface area contributed by atoms with Gasteiger partial charge >= 0.3 is 0 Å². The number of nitrogens with zero attached hydrogens (tertiary/aromatic N) is 2. The molecule has 1 aliphatic heterocycles. The van der Waals surface area contributed by atoms with E-state index in [0.29, 0.717) is 12.2 Å². The van der Waals surface area contributed by atoms with E-state index in [4.69, 9.17) is 4.74 Å². The monoisotopic (exact) mass is 277 g/mol. The number of hydrogen-bond donors (Lipinski definition) is 1. The molecule has 0 aliphatic carbocycles. The molecule has 110 valence electrons. The number of pyridine rings is 1. The molecule has 20 heavy (non-hydrogen) atoms. The van der Waals surface area contributed by atoms with E-state index in [1.165, 1.54) is 0 Å². The Balaban J connectivity index is 1.90. The first-order valence-corrected chi connectivity index (χ1v) is 7.27. The van der Waals surface area contributed by atoms with Crippen LogP contribution in [-0.2, 0) is 4.74 Å². The van der Waals surface area contributed by atoms with Gasteiger partial charge in [0.15, 0.2) is 0 Å². The van der Waals surface area contributed by atoms with Crippen molar-refractivity contribution in [2.24, 2.45) is 0 Å². The van der Waals surface area contributed by atoms with Crippen LogP contribution in [0.4, 0.5) is 5.69 Å². The zero-order chi connectivity index (χ0) is 14.4. The summed E-state index contributed by atoms with van der Waals surface area (Å²) in [6.07, 6.45) is 5.07. The van der Waals surface area contributed by atoms with Crippen LogP contribution in [0, 0.1) is 0 Å². The van der Waals surface area contributed by atoms with Crippen LogP contribution >= 0.6 is 0 Å². The topological polar surface area (TPSA) is 54.5 Å². The van der Waals surface area contributed by atoms with Gasteiger partial charge in [0, 0.05) is 26.7 Å². The van der Waals surface area contributed by atoms with Crippen molar-refractivity contribution in [3.63, 3.8) is 0 Å². The highest BCUT2D eigenvalue weighted by molar-refractivity contribution is 5.92. The molecule has 1 aliphatic rings. The third kappa shape index (κ3) is 3.93. The third-order valence-corrected chi connectivity index (χ3v) is 3.41. The molecule has 1 aromatic rings. The van der Waals surface area contributed by atoms with Crippen molar-refractivity contribution in [3.8, 4) is 0 Å². The molecule has 1 atom stereocenters. The summed E-state index contributed by atoms with van der Waals surface area (Å²) in [6, 6.07) is 3.67. The summed E-state index contributed by atoms with van der Waals surface area (Å²) in [5, 5.41) is 3.24. The largest absolute Gasteiger partial charge is 0.384 e. The molecule has 5 nitrogen and oxygen atoms in total. The molecular formula is C15H23N3O2. The molecule has 1 fully saturated rings. The Morgan fingerprint density at radius 2 is 2.40 bits per heavy atom. The summed E-state index contributed by atoms with van der Waals surface area (Å²) in [7, 11) is 1.80. The number of amides is 1. The fourth-order valence-electron chi connectivity index (χ4n) is 2.27. The van der Waals surface area contributed by atoms with Gasteiger partial charge in [0.2, 0.25) is 0 Å². The van der Waals surface area contributed by atoms with Crippen LogP contribution in [0.3, 0.4) is 0 Å². The highest BCUT2D eigenvalue weighted by atomic mass is 16.5. The Bertz CT molecular complexity index is 427. The first-order chi connectivity index (χ1) is 9.70. The van der Waals surface area contributed by atoms with E-state index in [0.717, 1.165) is 38.1 Å². The molecule has 0 spiro atoms. The van der Waals surface area contributed by atoms with Gasteiger partial charge in [0.25, 0.3) is 5.91 Å². The van der Waals surface area contributed by atoms with E-state index in [2.05, 4.69) is 17.2 Å². The Morgan fingerprint density at radius 3 is 3.00 bits per heavy atom. The van der Waals surface area contributed by atoms with Crippen LogP contribution in [0.5, 0.6) is 0 Å². The van der Waals surface area contributed by atoms with Crippen LogP contribution in [0.2, 0.25) is 0 Å². The molecule has 1 N–H and O–H groups in total. The number of aromatic nitrogens is 1. The summed E-state index contributed by atoms with van der Waals surface area (Å²) in [5.74, 6) is -0.0532. The van der Waals surface area contributed by atoms with Crippen molar-refractivity contribution < 1.29 is 9.53 Å². The van der Waals surface area contributed by atoms with Crippen molar-refractivity contribution >= 4 is 11.6 Å². The minimum atomic E-state index is -0.0532. The van der Waals surface area contributed by atoms with Crippen LogP contribution in [0.25, 0.3) is 0 Å². The Labute approximate surface area is 120 Å². The van der Waals surface area contributed by atoms with Gasteiger partial charge in [-0.25, -0.2) is 4.98 Å². The number of anilines is 1. The number of rotatable bonds is 6. The highest BCUT2D eigenvalue weighted by Gasteiger charge is 2.21. The Kier molecular flexibility index (Phi) is 5.35. The average Bonchev–Trinajstić information content (AvgIpc) is 2.97. The van der Waals surface area contributed by atoms with Crippen LogP contribution in [0.1, 0.15) is 36.7 Å². The molecule has 0 radical (unpaired) electrons. The number of carbonyl (C=O) groups is 1. The predicted molar refractivity (Wildman–Crippen MR) is 79.0 cm³/mol. The Hall–Kier alpha value is -1.62. The molecule has 1 amide bonds. The number of ether oxygens (including phenoxy) is 1. The standard InChI is InChI=1S/C15H23N3O2/c1-3-8-16-12-6-7-14(17-10-12)15(19)18(2)11-13-5-4-9-20-13/h6-7,10,13,16H,3-5,8-9,11H2,1-2H3. The van der Waals surface area contributed by atoms with Gasteiger partial charge in [-0.05, 0) is 31.4 Å². The molecule has 1 aromatic heterocycles. The van der Waals surface area contributed by atoms with Gasteiger partial charge in [-0.2, -0.15) is 0 Å². The highest BCUT2D eigenvalue weighted by Crippen LogP contribution is 2.14. The fraction of sp³-hybridized carbons (Fsp3) is 0.600. The van der Waals surface area contributed by atoms with Crippen molar-refractivity contribution in [2.75, 3.05) is 32.1 Å². The number of carbonyl (C=O) groups excluding carboxylic acids is 1. The lowest BCUT2D eigenvalue weighted by molar-refractivity contribution is 0.0583. The maximum absolute atomic E-state index is 12.2. The molecule has 5 heteroatoms. The summed E-state index contributed by atoms with van der Waals surface area (Å²) in [6.45, 7) is 4.46. The van der Waals surface area contributed by atoms with Gasteiger partial charge in [-0.3, -0.25) is 4.79 Å². The number of hydrogen-bond acceptors (Lipinski definition) is 4. The summed E-state index contributed by atoms with van der Waals surface area (Å²) < 4.78 is 5.55. The summed E-state index contributed by atoms with van der Waals surface area (Å²) in [4.78, 5) is 18.2. The number of likely N-dealkylation sites (N-methyl/N-ethyl adjacent to an activating group) is 1. The van der Waals surface area contributed by atoms with Gasteiger partial charge in [0.05, 0.1) is 18.0 Å². The molecule has 1 saturated heterocycles. The van der Waals surface area contributed by atoms with E-state index >= 15 is 0 Å². The van der Waals surface area contributed by atoms with Crippen LogP contribution < -0.4 is 5.32 Å². The molecule has 2 rings (SSSR count). The minimum absolute atomic E-state index is 0.0532. The number of nitrogens with one attached hydrogen (secondary N) is 1. The lowest BCUT2D eigenvalue weighted by Crippen LogP contribution is -2.34. The van der Waals surface area contributed by atoms with E-state index in [9.17, 15) is 4.79 Å². The van der Waals surface area contributed by atoms with Crippen molar-refractivity contribution in [3.05, 3.63) is 24.0 Å². The van der Waals surface area contributed by atoms with Crippen molar-refractivity contribution in [1.29, 1.82) is 0 Å². The first kappa shape index (κ1) is 14.8. The zero-order valence-corrected chi connectivity index (χ0v) is 12.3. The van der Waals surface area contributed by atoms with E-state index in [1.54, 1.807) is 24.2 Å². The van der Waals surface area contributed by atoms with Gasteiger partial charge < -0.3 is 15.0 Å². The average molecular weight is 277 g/mol. The van der Waals surface area contributed by atoms with Crippen molar-refractivity contribution in [2.45, 2.75) is 32.3 Å². The van der Waals surface area contributed by atoms with Gasteiger partial charge in [0.1, 0.15) is 5.69 Å². The molecular weight excluding hydrogens is 254 g/mol. The maximum atomic E-state index is 12.2. The first-order valence-electron chi connectivity index (χ1n) is 7.27. The fourth-order valence-corrected chi connectivity index (χ4v) is 2.27. The van der Waals surface area contributed by atoms with Crippen LogP contribution in [0.15, 0.2) is 18.3 Å². The van der Waals surface area contributed by atoms with Crippen LogP contribution in [-0.4, -0.2) is 48.6 Å². The minimum Gasteiger partial charge on any atom is -0.384 e. The van der Waals surface area contributed by atoms with Gasteiger partial charge in [-0.1, -0.05) is 6.92 Å². The smallest absolute Gasteiger partial charge is 0.272 e. The summed E-state index contributed by atoms with van der Waals surface area (Å²) >= 11 is 0. The lowest BCUT2D eigenvalue weighted by atomic mass is 10.2. The maximum Gasteiger partial charge on any atom is 0.272 e. The SMILES string of the molecule is CCCNc1ccc(C(=O)N(C)CC2CCCO2)nc1. The van der Waals surface area contributed by atoms with E-state index < -0.39 is 0 Å². The summed E-state index contributed by atoms with van der Waals surface area (Å²) in [5.41, 5.74) is 1.43. The predicted octanol–water partition coefficient (Wildman–Crippen LogP) is 2.15. The second-order valence-corrected chi connectivity index (χ2v) is 5.18. The molecule has 0 aromatic carbocycles. The molecule has 1 unspecified atom stereocenters. The third-order valence-electron chi connectivity index (χ3n) is 3.41. The van der Waals surface area contributed by atoms with Crippen molar-refractivity contribution in [1.82, 2.24) is 9.88 Å². The molecule has 0 saturated carbocycles. The Morgan fingerprint density at radius 1 is 1.55 bits per heavy atom.